The number of nitrogens with zero attached hydrogens (tertiary/aromatic N) is 1. The van der Waals surface area contributed by atoms with Crippen molar-refractivity contribution in [3.63, 3.8) is 0 Å². The van der Waals surface area contributed by atoms with E-state index in [2.05, 4.69) is 12.2 Å². The van der Waals surface area contributed by atoms with Crippen molar-refractivity contribution in [3.05, 3.63) is 30.3 Å². The molecule has 1 heterocycles. The van der Waals surface area contributed by atoms with E-state index < -0.39 is 0 Å². The summed E-state index contributed by atoms with van der Waals surface area (Å²) in [6.45, 7) is 2.26. The highest BCUT2D eigenvalue weighted by Crippen LogP contribution is 2.24. The molecule has 1 aromatic rings. The van der Waals surface area contributed by atoms with Crippen molar-refractivity contribution in [1.82, 2.24) is 0 Å². The molecule has 112 valence electrons. The van der Waals surface area contributed by atoms with Crippen LogP contribution in [-0.2, 0) is 9.59 Å². The van der Waals surface area contributed by atoms with E-state index in [-0.39, 0.29) is 17.9 Å². The highest BCUT2D eigenvalue weighted by Gasteiger charge is 2.44. The molecular weight excluding hydrogens is 264 g/mol. The third-order valence-electron chi connectivity index (χ3n) is 4.85. The van der Waals surface area contributed by atoms with E-state index in [1.54, 1.807) is 0 Å². The number of para-hydroxylation sites is 1. The largest absolute Gasteiger partial charge is 0.333 e. The van der Waals surface area contributed by atoms with Gasteiger partial charge in [0, 0.05) is 5.92 Å². The average Bonchev–Trinajstić information content (AvgIpc) is 2.77. The van der Waals surface area contributed by atoms with Crippen LogP contribution in [0.4, 0.5) is 5.69 Å². The lowest BCUT2D eigenvalue weighted by Gasteiger charge is -2.28. The fourth-order valence-corrected chi connectivity index (χ4v) is 3.58. The van der Waals surface area contributed by atoms with Gasteiger partial charge in [-0.3, -0.25) is 9.59 Å². The van der Waals surface area contributed by atoms with Gasteiger partial charge in [0.05, 0.1) is 18.2 Å². The molecule has 4 nitrogen and oxygen atoms in total. The highest BCUT2D eigenvalue weighted by atomic mass is 16.2. The van der Waals surface area contributed by atoms with E-state index >= 15 is 0 Å². The summed E-state index contributed by atoms with van der Waals surface area (Å²) in [6.07, 6.45) is 5.25. The van der Waals surface area contributed by atoms with Crippen LogP contribution in [0.5, 0.6) is 0 Å². The van der Waals surface area contributed by atoms with Crippen molar-refractivity contribution in [2.24, 2.45) is 5.92 Å². The molecule has 0 aromatic heterocycles. The van der Waals surface area contributed by atoms with E-state index in [9.17, 15) is 9.59 Å². The summed E-state index contributed by atoms with van der Waals surface area (Å²) in [6, 6.07) is 9.50. The summed E-state index contributed by atoms with van der Waals surface area (Å²) in [5, 5.41) is 2.16. The fourth-order valence-electron chi connectivity index (χ4n) is 3.58. The van der Waals surface area contributed by atoms with Crippen LogP contribution < -0.4 is 10.2 Å². The van der Waals surface area contributed by atoms with Crippen LogP contribution in [0.25, 0.3) is 0 Å². The van der Waals surface area contributed by atoms with Gasteiger partial charge in [0.15, 0.2) is 6.04 Å². The Labute approximate surface area is 125 Å². The van der Waals surface area contributed by atoms with Crippen LogP contribution in [0.15, 0.2) is 30.3 Å². The molecule has 1 aliphatic heterocycles. The Kier molecular flexibility index (Phi) is 4.06. The van der Waals surface area contributed by atoms with Crippen LogP contribution >= 0.6 is 0 Å². The van der Waals surface area contributed by atoms with Gasteiger partial charge in [-0.15, -0.1) is 0 Å². The van der Waals surface area contributed by atoms with E-state index in [0.29, 0.717) is 24.1 Å². The van der Waals surface area contributed by atoms with E-state index in [0.717, 1.165) is 6.42 Å². The minimum atomic E-state index is -0.233. The molecule has 2 aliphatic rings. The predicted octanol–water partition coefficient (Wildman–Crippen LogP) is 1.46. The van der Waals surface area contributed by atoms with Crippen molar-refractivity contribution in [2.75, 3.05) is 4.90 Å². The monoisotopic (exact) mass is 287 g/mol. The van der Waals surface area contributed by atoms with Gasteiger partial charge in [0.1, 0.15) is 0 Å². The molecule has 0 bridgehead atoms. The zero-order valence-corrected chi connectivity index (χ0v) is 12.5. The molecule has 0 spiro atoms. The first-order valence-electron chi connectivity index (χ1n) is 7.93. The van der Waals surface area contributed by atoms with E-state index in [1.165, 1.54) is 24.2 Å². The van der Waals surface area contributed by atoms with Gasteiger partial charge in [-0.1, -0.05) is 31.5 Å². The van der Waals surface area contributed by atoms with Crippen LogP contribution in [0.2, 0.25) is 0 Å². The van der Waals surface area contributed by atoms with Gasteiger partial charge >= 0.3 is 0 Å². The lowest BCUT2D eigenvalue weighted by molar-refractivity contribution is -0.715. The smallest absolute Gasteiger partial charge is 0.292 e. The van der Waals surface area contributed by atoms with Crippen LogP contribution in [0.3, 0.4) is 0 Å². The van der Waals surface area contributed by atoms with Crippen molar-refractivity contribution in [2.45, 2.75) is 51.1 Å². The molecular formula is C17H23N2O2+. The summed E-state index contributed by atoms with van der Waals surface area (Å²) in [4.78, 5) is 26.1. The summed E-state index contributed by atoms with van der Waals surface area (Å²) in [5.74, 6) is 0.507. The summed E-state index contributed by atoms with van der Waals surface area (Å²) < 4.78 is 0. The third kappa shape index (κ3) is 2.86. The van der Waals surface area contributed by atoms with Crippen LogP contribution in [0.1, 0.15) is 39.0 Å². The fraction of sp³-hybridized carbons (Fsp3) is 0.529. The van der Waals surface area contributed by atoms with Crippen molar-refractivity contribution >= 4 is 17.5 Å². The standard InChI is InChI=1S/C17H22N2O2/c1-12-7-5-6-10-14(12)18-15-11-16(20)19(17(15)21)13-8-3-2-4-9-13/h2-4,8-9,12,14-15,18H,5-7,10-11H2,1H3/p+1/t12-,14-,15+/m0/s1. The van der Waals surface area contributed by atoms with Gasteiger partial charge in [-0.25, -0.2) is 4.90 Å². The second kappa shape index (κ2) is 5.98. The maximum absolute atomic E-state index is 12.6. The first-order chi connectivity index (χ1) is 10.2. The first kappa shape index (κ1) is 14.3. The number of rotatable bonds is 3. The maximum Gasteiger partial charge on any atom is 0.292 e. The lowest BCUT2D eigenvalue weighted by atomic mass is 9.85. The molecule has 1 saturated carbocycles. The number of amides is 2. The minimum absolute atomic E-state index is 0.0519. The summed E-state index contributed by atoms with van der Waals surface area (Å²) in [7, 11) is 0. The first-order valence-corrected chi connectivity index (χ1v) is 7.93. The number of hydrogen-bond donors (Lipinski definition) is 1. The van der Waals surface area contributed by atoms with Gasteiger partial charge in [-0.05, 0) is 31.4 Å². The Morgan fingerprint density at radius 1 is 1.10 bits per heavy atom. The van der Waals surface area contributed by atoms with Crippen molar-refractivity contribution in [3.8, 4) is 0 Å². The molecule has 3 rings (SSSR count). The lowest BCUT2D eigenvalue weighted by Crippen LogP contribution is -2.97. The Morgan fingerprint density at radius 3 is 2.52 bits per heavy atom. The number of carbonyl (C=O) groups excluding carboxylic acids is 2. The normalized spacial score (nSPS) is 30.0. The zero-order chi connectivity index (χ0) is 14.8. The molecule has 1 aromatic carbocycles. The average molecular weight is 287 g/mol. The number of anilines is 1. The van der Waals surface area contributed by atoms with E-state index in [4.69, 9.17) is 0 Å². The summed E-state index contributed by atoms with van der Waals surface area (Å²) in [5.41, 5.74) is 0.695. The van der Waals surface area contributed by atoms with Gasteiger partial charge in [0.25, 0.3) is 5.91 Å². The SMILES string of the molecule is C[C@H]1CCCC[C@@H]1[NH2+][C@@H]1CC(=O)N(c2ccccc2)C1=O. The molecule has 1 aliphatic carbocycles. The highest BCUT2D eigenvalue weighted by molar-refractivity contribution is 6.21. The number of imide groups is 1. The topological polar surface area (TPSA) is 54.0 Å². The maximum atomic E-state index is 12.6. The van der Waals surface area contributed by atoms with Crippen LogP contribution in [-0.4, -0.2) is 23.9 Å². The molecule has 1 saturated heterocycles. The van der Waals surface area contributed by atoms with Gasteiger partial charge in [0.2, 0.25) is 5.91 Å². The Balaban J connectivity index is 1.71. The Bertz CT molecular complexity index is 529. The molecule has 0 unspecified atom stereocenters. The number of carbonyl (C=O) groups is 2. The quantitative estimate of drug-likeness (QED) is 0.856. The minimum Gasteiger partial charge on any atom is -0.333 e. The molecule has 21 heavy (non-hydrogen) atoms. The Hall–Kier alpha value is -1.68. The number of hydrogen-bond acceptors (Lipinski definition) is 2. The Morgan fingerprint density at radius 2 is 1.81 bits per heavy atom. The van der Waals surface area contributed by atoms with Crippen molar-refractivity contribution < 1.29 is 14.9 Å². The number of benzene rings is 1. The number of nitrogens with two attached hydrogens (primary N) is 1. The molecule has 4 heteroatoms. The van der Waals surface area contributed by atoms with Gasteiger partial charge in [-0.2, -0.15) is 0 Å². The molecule has 2 fully saturated rings. The third-order valence-corrected chi connectivity index (χ3v) is 4.85. The molecule has 2 N–H and O–H groups in total. The second-order valence-electron chi connectivity index (χ2n) is 6.33. The van der Waals surface area contributed by atoms with Crippen molar-refractivity contribution in [1.29, 1.82) is 0 Å². The molecule has 3 atom stereocenters. The van der Waals surface area contributed by atoms with Gasteiger partial charge < -0.3 is 5.32 Å². The predicted molar refractivity (Wildman–Crippen MR) is 80.7 cm³/mol. The summed E-state index contributed by atoms with van der Waals surface area (Å²) >= 11 is 0. The molecule has 2 amide bonds. The van der Waals surface area contributed by atoms with Crippen LogP contribution in [0, 0.1) is 5.92 Å². The molecule has 0 radical (unpaired) electrons. The number of quaternary nitrogens is 1. The zero-order valence-electron chi connectivity index (χ0n) is 12.5. The second-order valence-corrected chi connectivity index (χ2v) is 6.33. The van der Waals surface area contributed by atoms with E-state index in [1.807, 2.05) is 30.3 Å².